The second kappa shape index (κ2) is 6.22. The summed E-state index contributed by atoms with van der Waals surface area (Å²) in [7, 11) is -3.15. The van der Waals surface area contributed by atoms with E-state index in [1.807, 2.05) is 13.8 Å². The predicted octanol–water partition coefficient (Wildman–Crippen LogP) is 2.75. The fraction of sp³-hybridized carbons (Fsp3) is 0.333. The van der Waals surface area contributed by atoms with Crippen LogP contribution in [0.15, 0.2) is 41.6 Å². The van der Waals surface area contributed by atoms with Crippen molar-refractivity contribution in [2.45, 2.75) is 31.7 Å². The second-order valence-electron chi connectivity index (χ2n) is 4.82. The topological polar surface area (TPSA) is 72.0 Å². The zero-order valence-corrected chi connectivity index (χ0v) is 13.2. The van der Waals surface area contributed by atoms with Crippen molar-refractivity contribution in [2.24, 2.45) is 0 Å². The van der Waals surface area contributed by atoms with Gasteiger partial charge in [-0.3, -0.25) is 9.97 Å². The van der Waals surface area contributed by atoms with Crippen molar-refractivity contribution in [1.82, 2.24) is 9.97 Å². The van der Waals surface area contributed by atoms with Crippen molar-refractivity contribution in [3.8, 4) is 0 Å². The average Bonchev–Trinajstić information content (AvgIpc) is 2.48. The van der Waals surface area contributed by atoms with E-state index < -0.39 is 9.84 Å². The van der Waals surface area contributed by atoms with Gasteiger partial charge in [-0.15, -0.1) is 0 Å². The molecule has 6 heteroatoms. The summed E-state index contributed by atoms with van der Waals surface area (Å²) in [6, 6.07) is 6.77. The maximum atomic E-state index is 11.8. The Morgan fingerprint density at radius 3 is 2.33 bits per heavy atom. The first-order valence-corrected chi connectivity index (χ1v) is 8.46. The first-order chi connectivity index (χ1) is 9.94. The lowest BCUT2D eigenvalue weighted by atomic mass is 10.2. The van der Waals surface area contributed by atoms with Crippen LogP contribution >= 0.6 is 0 Å². The Labute approximate surface area is 125 Å². The summed E-state index contributed by atoms with van der Waals surface area (Å²) in [4.78, 5) is 8.89. The highest BCUT2D eigenvalue weighted by atomic mass is 32.2. The van der Waals surface area contributed by atoms with E-state index in [0.717, 1.165) is 17.1 Å². The van der Waals surface area contributed by atoms with E-state index in [9.17, 15) is 8.42 Å². The van der Waals surface area contributed by atoms with Crippen LogP contribution < -0.4 is 5.32 Å². The van der Waals surface area contributed by atoms with Gasteiger partial charge in [0.1, 0.15) is 0 Å². The van der Waals surface area contributed by atoms with Gasteiger partial charge in [-0.05, 0) is 38.1 Å². The van der Waals surface area contributed by atoms with Crippen LogP contribution in [0.2, 0.25) is 0 Å². The molecule has 0 bridgehead atoms. The smallest absolute Gasteiger partial charge is 0.178 e. The van der Waals surface area contributed by atoms with Gasteiger partial charge in [-0.25, -0.2) is 8.42 Å². The Kier molecular flexibility index (Phi) is 4.57. The van der Waals surface area contributed by atoms with Crippen molar-refractivity contribution in [1.29, 1.82) is 0 Å². The molecule has 0 saturated carbocycles. The molecule has 1 aromatic carbocycles. The zero-order chi connectivity index (χ0) is 15.5. The van der Waals surface area contributed by atoms with Crippen LogP contribution in [-0.4, -0.2) is 24.1 Å². The Hall–Kier alpha value is -1.95. The number of aryl methyl sites for hydroxylation is 1. The third kappa shape index (κ3) is 3.58. The van der Waals surface area contributed by atoms with Crippen LogP contribution in [0.4, 0.5) is 5.69 Å². The van der Waals surface area contributed by atoms with Gasteiger partial charge in [0.25, 0.3) is 0 Å². The van der Waals surface area contributed by atoms with Gasteiger partial charge in [-0.1, -0.05) is 6.92 Å². The number of nitrogens with zero attached hydrogens (tertiary/aromatic N) is 2. The van der Waals surface area contributed by atoms with Crippen molar-refractivity contribution in [3.05, 3.63) is 48.0 Å². The summed E-state index contributed by atoms with van der Waals surface area (Å²) >= 11 is 0. The molecule has 1 N–H and O–H groups in total. The Bertz CT molecular complexity index is 712. The molecule has 0 aliphatic carbocycles. The zero-order valence-electron chi connectivity index (χ0n) is 12.4. The largest absolute Gasteiger partial charge is 0.377 e. The monoisotopic (exact) mass is 305 g/mol. The summed E-state index contributed by atoms with van der Waals surface area (Å²) in [6.45, 7) is 5.55. The van der Waals surface area contributed by atoms with E-state index >= 15 is 0 Å². The van der Waals surface area contributed by atoms with E-state index in [2.05, 4.69) is 15.3 Å². The second-order valence-corrected chi connectivity index (χ2v) is 7.10. The van der Waals surface area contributed by atoms with Crippen LogP contribution in [0.25, 0.3) is 0 Å². The van der Waals surface area contributed by atoms with Gasteiger partial charge in [0.15, 0.2) is 9.84 Å². The summed E-state index contributed by atoms with van der Waals surface area (Å²) in [5.41, 5.74) is 2.60. The van der Waals surface area contributed by atoms with E-state index in [1.165, 1.54) is 0 Å². The lowest BCUT2D eigenvalue weighted by Gasteiger charge is -2.16. The molecule has 21 heavy (non-hydrogen) atoms. The first kappa shape index (κ1) is 15.4. The molecule has 2 rings (SSSR count). The summed E-state index contributed by atoms with van der Waals surface area (Å²) in [5, 5.41) is 3.30. The van der Waals surface area contributed by atoms with Crippen LogP contribution in [0, 0.1) is 6.92 Å². The number of benzene rings is 1. The summed E-state index contributed by atoms with van der Waals surface area (Å²) in [5.74, 6) is 0.106. The maximum Gasteiger partial charge on any atom is 0.178 e. The molecule has 5 nitrogen and oxygen atoms in total. The average molecular weight is 305 g/mol. The van der Waals surface area contributed by atoms with E-state index in [1.54, 1.807) is 43.6 Å². The van der Waals surface area contributed by atoms with Gasteiger partial charge in [0.2, 0.25) is 0 Å². The minimum Gasteiger partial charge on any atom is -0.377 e. The Morgan fingerprint density at radius 2 is 1.76 bits per heavy atom. The standard InChI is InChI=1S/C15H19N3O2S/c1-4-21(19,20)14-7-5-13(6-8-14)18-12(3)15-11(2)16-9-10-17-15/h5-10,12,18H,4H2,1-3H3. The van der Waals surface area contributed by atoms with Gasteiger partial charge in [-0.2, -0.15) is 0 Å². The minimum atomic E-state index is -3.15. The molecule has 2 aromatic rings. The molecule has 1 unspecified atom stereocenters. The van der Waals surface area contributed by atoms with E-state index in [4.69, 9.17) is 0 Å². The highest BCUT2D eigenvalue weighted by Gasteiger charge is 2.13. The molecule has 112 valence electrons. The minimum absolute atomic E-state index is 0.00710. The summed E-state index contributed by atoms with van der Waals surface area (Å²) in [6.07, 6.45) is 3.33. The molecule has 0 aliphatic heterocycles. The molecule has 0 spiro atoms. The lowest BCUT2D eigenvalue weighted by molar-refractivity contribution is 0.597. The number of nitrogens with one attached hydrogen (secondary N) is 1. The molecule has 1 atom stereocenters. The number of aromatic nitrogens is 2. The molecule has 0 aliphatic rings. The lowest BCUT2D eigenvalue weighted by Crippen LogP contribution is -2.11. The molecule has 0 saturated heterocycles. The fourth-order valence-corrected chi connectivity index (χ4v) is 2.97. The first-order valence-electron chi connectivity index (χ1n) is 6.81. The third-order valence-corrected chi connectivity index (χ3v) is 5.06. The van der Waals surface area contributed by atoms with Crippen molar-refractivity contribution < 1.29 is 8.42 Å². The number of hydrogen-bond donors (Lipinski definition) is 1. The van der Waals surface area contributed by atoms with Gasteiger partial charge in [0, 0.05) is 18.1 Å². The maximum absolute atomic E-state index is 11.8. The van der Waals surface area contributed by atoms with Gasteiger partial charge >= 0.3 is 0 Å². The van der Waals surface area contributed by atoms with Crippen molar-refractivity contribution in [2.75, 3.05) is 11.1 Å². The normalized spacial score (nSPS) is 12.9. The fourth-order valence-electron chi connectivity index (χ4n) is 2.09. The Balaban J connectivity index is 2.16. The van der Waals surface area contributed by atoms with E-state index in [0.29, 0.717) is 4.90 Å². The number of sulfone groups is 1. The van der Waals surface area contributed by atoms with Gasteiger partial charge < -0.3 is 5.32 Å². The van der Waals surface area contributed by atoms with Crippen LogP contribution in [0.5, 0.6) is 0 Å². The third-order valence-electron chi connectivity index (χ3n) is 3.31. The quantitative estimate of drug-likeness (QED) is 0.919. The molecular weight excluding hydrogens is 286 g/mol. The van der Waals surface area contributed by atoms with Crippen LogP contribution in [0.1, 0.15) is 31.3 Å². The molecule has 1 heterocycles. The molecule has 1 aromatic heterocycles. The van der Waals surface area contributed by atoms with Crippen molar-refractivity contribution in [3.63, 3.8) is 0 Å². The molecule has 0 fully saturated rings. The Morgan fingerprint density at radius 1 is 1.14 bits per heavy atom. The predicted molar refractivity (Wildman–Crippen MR) is 83.0 cm³/mol. The SMILES string of the molecule is CCS(=O)(=O)c1ccc(NC(C)c2nccnc2C)cc1. The number of hydrogen-bond acceptors (Lipinski definition) is 5. The van der Waals surface area contributed by atoms with Crippen molar-refractivity contribution >= 4 is 15.5 Å². The van der Waals surface area contributed by atoms with Gasteiger partial charge in [0.05, 0.1) is 28.1 Å². The molecular formula is C15H19N3O2S. The number of rotatable bonds is 5. The highest BCUT2D eigenvalue weighted by Crippen LogP contribution is 2.21. The highest BCUT2D eigenvalue weighted by molar-refractivity contribution is 7.91. The van der Waals surface area contributed by atoms with E-state index in [-0.39, 0.29) is 11.8 Å². The number of anilines is 1. The molecule has 0 radical (unpaired) electrons. The molecule has 0 amide bonds. The summed E-state index contributed by atoms with van der Waals surface area (Å²) < 4.78 is 23.5. The van der Waals surface area contributed by atoms with Crippen LogP contribution in [0.3, 0.4) is 0 Å². The van der Waals surface area contributed by atoms with Crippen LogP contribution in [-0.2, 0) is 9.84 Å².